The summed E-state index contributed by atoms with van der Waals surface area (Å²) in [5, 5.41) is 6.48. The Morgan fingerprint density at radius 2 is 2.10 bits per heavy atom. The third kappa shape index (κ3) is 3.27. The predicted molar refractivity (Wildman–Crippen MR) is 83.4 cm³/mol. The fourth-order valence-corrected chi connectivity index (χ4v) is 3.51. The first-order chi connectivity index (χ1) is 10.3. The maximum absolute atomic E-state index is 11.6. The Bertz CT molecular complexity index is 510. The number of nitrogens with one attached hydrogen (secondary N) is 2. The Labute approximate surface area is 126 Å². The van der Waals surface area contributed by atoms with Gasteiger partial charge in [-0.05, 0) is 55.8 Å². The van der Waals surface area contributed by atoms with Gasteiger partial charge >= 0.3 is 0 Å². The largest absolute Gasteiger partial charge is 0.381 e. The molecule has 2 N–H and O–H groups in total. The van der Waals surface area contributed by atoms with Crippen molar-refractivity contribution in [1.82, 2.24) is 5.32 Å². The highest BCUT2D eigenvalue weighted by atomic mass is 16.5. The lowest BCUT2D eigenvalue weighted by Gasteiger charge is -2.31. The van der Waals surface area contributed by atoms with Crippen molar-refractivity contribution in [2.45, 2.75) is 38.1 Å². The number of benzene rings is 1. The number of hydrogen-bond acceptors (Lipinski definition) is 3. The van der Waals surface area contributed by atoms with E-state index in [1.165, 1.54) is 11.1 Å². The summed E-state index contributed by atoms with van der Waals surface area (Å²) in [6.07, 6.45) is 4.76. The SMILES string of the molecule is CNC(c1ccc2c(c1)CCCC(=O)N2)C1CCOCC1. The maximum Gasteiger partial charge on any atom is 0.224 e. The van der Waals surface area contributed by atoms with Gasteiger partial charge in [-0.1, -0.05) is 12.1 Å². The van der Waals surface area contributed by atoms with Gasteiger partial charge in [0.25, 0.3) is 0 Å². The molecule has 1 atom stereocenters. The molecule has 114 valence electrons. The maximum atomic E-state index is 11.6. The van der Waals surface area contributed by atoms with Gasteiger partial charge in [-0.2, -0.15) is 0 Å². The number of amides is 1. The van der Waals surface area contributed by atoms with E-state index in [9.17, 15) is 4.79 Å². The summed E-state index contributed by atoms with van der Waals surface area (Å²) in [6.45, 7) is 1.73. The molecule has 2 aliphatic heterocycles. The number of rotatable bonds is 3. The molecule has 0 aliphatic carbocycles. The first-order valence-electron chi connectivity index (χ1n) is 7.95. The molecule has 1 aromatic rings. The molecule has 4 nitrogen and oxygen atoms in total. The van der Waals surface area contributed by atoms with Gasteiger partial charge in [0.15, 0.2) is 0 Å². The highest BCUT2D eigenvalue weighted by molar-refractivity contribution is 5.92. The van der Waals surface area contributed by atoms with Crippen LogP contribution in [0.15, 0.2) is 18.2 Å². The summed E-state index contributed by atoms with van der Waals surface area (Å²) >= 11 is 0. The average Bonchev–Trinajstić information content (AvgIpc) is 2.69. The van der Waals surface area contributed by atoms with Crippen molar-refractivity contribution in [1.29, 1.82) is 0 Å². The minimum absolute atomic E-state index is 0.135. The predicted octanol–water partition coefficient (Wildman–Crippen LogP) is 2.65. The number of carbonyl (C=O) groups excluding carboxylic acids is 1. The van der Waals surface area contributed by atoms with Crippen molar-refractivity contribution in [2.75, 3.05) is 25.6 Å². The van der Waals surface area contributed by atoms with Crippen LogP contribution in [0, 0.1) is 5.92 Å². The molecule has 1 fully saturated rings. The highest BCUT2D eigenvalue weighted by Gasteiger charge is 2.25. The fraction of sp³-hybridized carbons (Fsp3) is 0.588. The van der Waals surface area contributed by atoms with E-state index < -0.39 is 0 Å². The first kappa shape index (κ1) is 14.5. The van der Waals surface area contributed by atoms with Crippen LogP contribution in [0.4, 0.5) is 5.69 Å². The van der Waals surface area contributed by atoms with E-state index >= 15 is 0 Å². The minimum atomic E-state index is 0.135. The minimum Gasteiger partial charge on any atom is -0.381 e. The molecule has 1 amide bonds. The Kier molecular flexibility index (Phi) is 4.56. The molecule has 1 unspecified atom stereocenters. The zero-order chi connectivity index (χ0) is 14.7. The standard InChI is InChI=1S/C17H24N2O2/c1-18-17(12-7-9-21-10-8-12)14-5-6-15-13(11-14)3-2-4-16(20)19-15/h5-6,11-12,17-18H,2-4,7-10H2,1H3,(H,19,20). The molecule has 0 saturated carbocycles. The zero-order valence-electron chi connectivity index (χ0n) is 12.7. The number of anilines is 1. The Morgan fingerprint density at radius 3 is 2.86 bits per heavy atom. The summed E-state index contributed by atoms with van der Waals surface area (Å²) in [4.78, 5) is 11.6. The lowest BCUT2D eigenvalue weighted by Crippen LogP contribution is -2.30. The van der Waals surface area contributed by atoms with Gasteiger partial charge in [-0.15, -0.1) is 0 Å². The molecule has 1 aromatic carbocycles. The summed E-state index contributed by atoms with van der Waals surface area (Å²) in [6, 6.07) is 6.87. The zero-order valence-corrected chi connectivity index (χ0v) is 12.7. The monoisotopic (exact) mass is 288 g/mol. The topological polar surface area (TPSA) is 50.4 Å². The molecule has 0 spiro atoms. The number of fused-ring (bicyclic) bond motifs is 1. The van der Waals surface area contributed by atoms with Gasteiger partial charge in [0, 0.05) is 31.4 Å². The number of carbonyl (C=O) groups is 1. The number of hydrogen-bond donors (Lipinski definition) is 2. The van der Waals surface area contributed by atoms with E-state index in [0.717, 1.165) is 44.6 Å². The highest BCUT2D eigenvalue weighted by Crippen LogP contribution is 2.32. The van der Waals surface area contributed by atoms with E-state index in [4.69, 9.17) is 4.74 Å². The lowest BCUT2D eigenvalue weighted by molar-refractivity contribution is -0.116. The van der Waals surface area contributed by atoms with Crippen LogP contribution in [0.2, 0.25) is 0 Å². The van der Waals surface area contributed by atoms with E-state index in [1.807, 2.05) is 7.05 Å². The molecule has 2 heterocycles. The number of aryl methyl sites for hydroxylation is 1. The van der Waals surface area contributed by atoms with Crippen LogP contribution in [0.1, 0.15) is 42.9 Å². The molecule has 0 aromatic heterocycles. The van der Waals surface area contributed by atoms with Gasteiger partial charge in [-0.3, -0.25) is 4.79 Å². The van der Waals surface area contributed by atoms with Gasteiger partial charge in [0.05, 0.1) is 0 Å². The van der Waals surface area contributed by atoms with E-state index in [0.29, 0.717) is 18.4 Å². The summed E-state index contributed by atoms with van der Waals surface area (Å²) in [5.41, 5.74) is 3.59. The van der Waals surface area contributed by atoms with Crippen molar-refractivity contribution < 1.29 is 9.53 Å². The average molecular weight is 288 g/mol. The quantitative estimate of drug-likeness (QED) is 0.899. The number of ether oxygens (including phenoxy) is 1. The van der Waals surface area contributed by atoms with Crippen LogP contribution < -0.4 is 10.6 Å². The van der Waals surface area contributed by atoms with Gasteiger partial charge in [-0.25, -0.2) is 0 Å². The van der Waals surface area contributed by atoms with Crippen LogP contribution in [-0.4, -0.2) is 26.2 Å². The molecular weight excluding hydrogens is 264 g/mol. The molecule has 0 radical (unpaired) electrons. The normalized spacial score (nSPS) is 21.3. The molecule has 2 aliphatic rings. The Hall–Kier alpha value is -1.39. The smallest absolute Gasteiger partial charge is 0.224 e. The third-order valence-corrected chi connectivity index (χ3v) is 4.66. The summed E-state index contributed by atoms with van der Waals surface area (Å²) in [5.74, 6) is 0.762. The molecule has 0 bridgehead atoms. The lowest BCUT2D eigenvalue weighted by atomic mass is 9.86. The molecule has 3 rings (SSSR count). The fourth-order valence-electron chi connectivity index (χ4n) is 3.51. The summed E-state index contributed by atoms with van der Waals surface area (Å²) in [7, 11) is 2.04. The van der Waals surface area contributed by atoms with Crippen LogP contribution in [0.3, 0.4) is 0 Å². The van der Waals surface area contributed by atoms with Gasteiger partial charge < -0.3 is 15.4 Å². The summed E-state index contributed by atoms with van der Waals surface area (Å²) < 4.78 is 5.47. The second kappa shape index (κ2) is 6.58. The Morgan fingerprint density at radius 1 is 1.29 bits per heavy atom. The Balaban J connectivity index is 1.84. The van der Waals surface area contributed by atoms with E-state index in [-0.39, 0.29) is 5.91 Å². The van der Waals surface area contributed by atoms with Crippen LogP contribution >= 0.6 is 0 Å². The van der Waals surface area contributed by atoms with Crippen LogP contribution in [-0.2, 0) is 16.0 Å². The second-order valence-corrected chi connectivity index (χ2v) is 6.03. The molecule has 1 saturated heterocycles. The molecule has 4 heteroatoms. The third-order valence-electron chi connectivity index (χ3n) is 4.66. The van der Waals surface area contributed by atoms with Crippen molar-refractivity contribution in [3.8, 4) is 0 Å². The van der Waals surface area contributed by atoms with E-state index in [2.05, 4.69) is 28.8 Å². The van der Waals surface area contributed by atoms with Crippen molar-refractivity contribution in [3.63, 3.8) is 0 Å². The second-order valence-electron chi connectivity index (χ2n) is 6.03. The van der Waals surface area contributed by atoms with Crippen molar-refractivity contribution >= 4 is 11.6 Å². The van der Waals surface area contributed by atoms with Gasteiger partial charge in [0.2, 0.25) is 5.91 Å². The van der Waals surface area contributed by atoms with Crippen molar-refractivity contribution in [3.05, 3.63) is 29.3 Å². The van der Waals surface area contributed by atoms with Crippen LogP contribution in [0.5, 0.6) is 0 Å². The van der Waals surface area contributed by atoms with E-state index in [1.54, 1.807) is 0 Å². The molecular formula is C17H24N2O2. The molecule has 21 heavy (non-hydrogen) atoms. The van der Waals surface area contributed by atoms with Crippen molar-refractivity contribution in [2.24, 2.45) is 5.92 Å². The first-order valence-corrected chi connectivity index (χ1v) is 7.95. The van der Waals surface area contributed by atoms with Crippen LogP contribution in [0.25, 0.3) is 0 Å². The van der Waals surface area contributed by atoms with Gasteiger partial charge in [0.1, 0.15) is 0 Å².